The minimum atomic E-state index is -0.838. The molecule has 146 valence electrons. The van der Waals surface area contributed by atoms with Gasteiger partial charge in [-0.1, -0.05) is 12.1 Å². The van der Waals surface area contributed by atoms with Crippen molar-refractivity contribution in [3.63, 3.8) is 0 Å². The van der Waals surface area contributed by atoms with E-state index in [2.05, 4.69) is 9.88 Å². The van der Waals surface area contributed by atoms with Crippen LogP contribution in [0.1, 0.15) is 12.0 Å². The Hall–Kier alpha value is -2.25. The molecule has 0 spiro atoms. The summed E-state index contributed by atoms with van der Waals surface area (Å²) in [5.41, 5.74) is 0.249. The van der Waals surface area contributed by atoms with Gasteiger partial charge in [0.15, 0.2) is 0 Å². The van der Waals surface area contributed by atoms with E-state index in [0.717, 1.165) is 5.56 Å². The average Bonchev–Trinajstić information content (AvgIpc) is 3.03. The van der Waals surface area contributed by atoms with Crippen molar-refractivity contribution in [2.24, 2.45) is 0 Å². The van der Waals surface area contributed by atoms with Crippen molar-refractivity contribution < 1.29 is 18.6 Å². The van der Waals surface area contributed by atoms with Crippen LogP contribution in [0.25, 0.3) is 0 Å². The first-order valence-corrected chi connectivity index (χ1v) is 9.03. The Kier molecular flexibility index (Phi) is 6.23. The first-order chi connectivity index (χ1) is 13.0. The molecule has 1 aromatic heterocycles. The zero-order valence-electron chi connectivity index (χ0n) is 15.4. The Morgan fingerprint density at radius 2 is 2.04 bits per heavy atom. The third-order valence-corrected chi connectivity index (χ3v) is 4.65. The molecule has 3 rings (SSSR count). The average molecular weight is 377 g/mol. The fraction of sp³-hybridized carbons (Fsp3) is 0.450. The number of halogens is 2. The van der Waals surface area contributed by atoms with Crippen molar-refractivity contribution in [2.45, 2.75) is 18.6 Å². The molecule has 1 atom stereocenters. The molecular formula is C20H25F2N3O2. The Balaban J connectivity index is 1.52. The quantitative estimate of drug-likeness (QED) is 0.767. The second-order valence-electron chi connectivity index (χ2n) is 7.08. The van der Waals surface area contributed by atoms with Gasteiger partial charge in [0.1, 0.15) is 30.7 Å². The molecule has 0 unspecified atom stereocenters. The summed E-state index contributed by atoms with van der Waals surface area (Å²) in [6.07, 6.45) is 1.83. The number of benzene rings is 1. The molecule has 1 N–H and O–H groups in total. The van der Waals surface area contributed by atoms with E-state index in [1.54, 1.807) is 6.07 Å². The summed E-state index contributed by atoms with van der Waals surface area (Å²) in [6, 6.07) is 10.6. The predicted octanol–water partition coefficient (Wildman–Crippen LogP) is 2.64. The zero-order valence-corrected chi connectivity index (χ0v) is 15.4. The van der Waals surface area contributed by atoms with Crippen molar-refractivity contribution in [2.75, 3.05) is 44.9 Å². The van der Waals surface area contributed by atoms with Crippen molar-refractivity contribution in [1.29, 1.82) is 0 Å². The monoisotopic (exact) mass is 377 g/mol. The first kappa shape index (κ1) is 19.5. The number of alkyl halides is 1. The van der Waals surface area contributed by atoms with Crippen LogP contribution in [0.4, 0.5) is 14.6 Å². The van der Waals surface area contributed by atoms with Crippen molar-refractivity contribution >= 4 is 5.82 Å². The molecule has 1 aromatic carbocycles. The van der Waals surface area contributed by atoms with Gasteiger partial charge in [-0.15, -0.1) is 0 Å². The van der Waals surface area contributed by atoms with Crippen molar-refractivity contribution in [3.8, 4) is 5.75 Å². The zero-order chi connectivity index (χ0) is 19.3. The number of β-amino-alcohol motifs (C(OH)–C–C–N with tert-alkyl or cyclic N) is 1. The van der Waals surface area contributed by atoms with Gasteiger partial charge in [-0.2, -0.15) is 0 Å². The lowest BCUT2D eigenvalue weighted by Crippen LogP contribution is -2.43. The standard InChI is InChI=1S/C20H25F2N3O2/c1-24(13-16-2-5-18(6-3-16)27-11-9-21)14-20(26)8-10-25(15-20)19-7-4-17(22)12-23-19/h2-7,12,26H,8-11,13-15H2,1H3/t20-/m0/s1. The minimum Gasteiger partial charge on any atom is -0.491 e. The summed E-state index contributed by atoms with van der Waals surface area (Å²) in [4.78, 5) is 8.14. The van der Waals surface area contributed by atoms with Crippen molar-refractivity contribution in [3.05, 3.63) is 54.0 Å². The number of hydrogen-bond acceptors (Lipinski definition) is 5. The van der Waals surface area contributed by atoms with Gasteiger partial charge in [-0.05, 0) is 43.3 Å². The van der Waals surface area contributed by atoms with Crippen LogP contribution in [0.15, 0.2) is 42.6 Å². The number of nitrogens with zero attached hydrogens (tertiary/aromatic N) is 3. The third kappa shape index (κ3) is 5.37. The first-order valence-electron chi connectivity index (χ1n) is 9.03. The van der Waals surface area contributed by atoms with E-state index in [1.807, 2.05) is 36.2 Å². The molecule has 1 aliphatic heterocycles. The van der Waals surface area contributed by atoms with E-state index in [9.17, 15) is 13.9 Å². The van der Waals surface area contributed by atoms with Crippen LogP contribution < -0.4 is 9.64 Å². The molecule has 27 heavy (non-hydrogen) atoms. The maximum atomic E-state index is 13.0. The molecule has 0 radical (unpaired) electrons. The van der Waals surface area contributed by atoms with Crippen LogP contribution in [0.5, 0.6) is 5.75 Å². The Morgan fingerprint density at radius 3 is 2.70 bits per heavy atom. The molecule has 5 nitrogen and oxygen atoms in total. The Bertz CT molecular complexity index is 727. The number of aliphatic hydroxyl groups is 1. The summed E-state index contributed by atoms with van der Waals surface area (Å²) < 4.78 is 30.4. The summed E-state index contributed by atoms with van der Waals surface area (Å²) in [5.74, 6) is 0.962. The van der Waals surface area contributed by atoms with Gasteiger partial charge in [-0.25, -0.2) is 13.8 Å². The largest absolute Gasteiger partial charge is 0.491 e. The lowest BCUT2D eigenvalue weighted by molar-refractivity contribution is 0.0279. The number of ether oxygens (including phenoxy) is 1. The van der Waals surface area contributed by atoms with Crippen LogP contribution in [0.3, 0.4) is 0 Å². The van der Waals surface area contributed by atoms with Gasteiger partial charge in [0.2, 0.25) is 0 Å². The highest BCUT2D eigenvalue weighted by molar-refractivity contribution is 5.40. The van der Waals surface area contributed by atoms with Crippen LogP contribution >= 0.6 is 0 Å². The molecule has 0 saturated carbocycles. The molecule has 2 aromatic rings. The van der Waals surface area contributed by atoms with Crippen molar-refractivity contribution in [1.82, 2.24) is 9.88 Å². The van der Waals surface area contributed by atoms with Gasteiger partial charge in [-0.3, -0.25) is 4.90 Å². The van der Waals surface area contributed by atoms with E-state index >= 15 is 0 Å². The number of hydrogen-bond donors (Lipinski definition) is 1. The van der Waals surface area contributed by atoms with Crippen LogP contribution in [0, 0.1) is 5.82 Å². The molecule has 1 saturated heterocycles. The fourth-order valence-electron chi connectivity index (χ4n) is 3.45. The van der Waals surface area contributed by atoms with E-state index < -0.39 is 12.3 Å². The lowest BCUT2D eigenvalue weighted by Gasteiger charge is -2.29. The SMILES string of the molecule is CN(Cc1ccc(OCCF)cc1)C[C@@]1(O)CCN(c2ccc(F)cn2)C1. The van der Waals surface area contributed by atoms with Crippen LogP contribution in [0.2, 0.25) is 0 Å². The topological polar surface area (TPSA) is 48.8 Å². The van der Waals surface area contributed by atoms with E-state index in [1.165, 1.54) is 12.3 Å². The Labute approximate surface area is 158 Å². The summed E-state index contributed by atoms with van der Waals surface area (Å²) in [6.45, 7) is 1.90. The maximum Gasteiger partial charge on any atom is 0.141 e. The van der Waals surface area contributed by atoms with E-state index in [-0.39, 0.29) is 12.4 Å². The number of pyridine rings is 1. The fourth-order valence-corrected chi connectivity index (χ4v) is 3.45. The molecule has 0 bridgehead atoms. The molecule has 0 aliphatic carbocycles. The molecular weight excluding hydrogens is 352 g/mol. The lowest BCUT2D eigenvalue weighted by atomic mass is 10.0. The smallest absolute Gasteiger partial charge is 0.141 e. The number of likely N-dealkylation sites (N-methyl/N-ethyl adjacent to an activating group) is 1. The van der Waals surface area contributed by atoms with Crippen LogP contribution in [-0.2, 0) is 6.54 Å². The second kappa shape index (κ2) is 8.63. The highest BCUT2D eigenvalue weighted by Gasteiger charge is 2.37. The number of anilines is 1. The predicted molar refractivity (Wildman–Crippen MR) is 100 cm³/mol. The number of rotatable bonds is 8. The molecule has 7 heteroatoms. The number of aromatic nitrogens is 1. The van der Waals surface area contributed by atoms with Gasteiger partial charge in [0.25, 0.3) is 0 Å². The van der Waals surface area contributed by atoms with Gasteiger partial charge < -0.3 is 14.7 Å². The Morgan fingerprint density at radius 1 is 1.26 bits per heavy atom. The summed E-state index contributed by atoms with van der Waals surface area (Å²) in [5, 5.41) is 10.9. The molecule has 1 fully saturated rings. The summed E-state index contributed by atoms with van der Waals surface area (Å²) >= 11 is 0. The minimum absolute atomic E-state index is 0.0612. The van der Waals surface area contributed by atoms with Crippen LogP contribution in [-0.4, -0.2) is 60.6 Å². The van der Waals surface area contributed by atoms with Gasteiger partial charge in [0, 0.05) is 26.2 Å². The highest BCUT2D eigenvalue weighted by Crippen LogP contribution is 2.26. The van der Waals surface area contributed by atoms with E-state index in [4.69, 9.17) is 4.74 Å². The second-order valence-corrected chi connectivity index (χ2v) is 7.08. The molecule has 1 aliphatic rings. The third-order valence-electron chi connectivity index (χ3n) is 4.65. The highest BCUT2D eigenvalue weighted by atomic mass is 19.1. The van der Waals surface area contributed by atoms with Gasteiger partial charge >= 0.3 is 0 Å². The normalized spacial score (nSPS) is 19.7. The van der Waals surface area contributed by atoms with E-state index in [0.29, 0.717) is 44.2 Å². The maximum absolute atomic E-state index is 13.0. The summed E-state index contributed by atoms with van der Waals surface area (Å²) in [7, 11) is 1.96. The molecule has 2 heterocycles. The van der Waals surface area contributed by atoms with Gasteiger partial charge in [0.05, 0.1) is 11.8 Å². The molecule has 0 amide bonds.